The van der Waals surface area contributed by atoms with Crippen LogP contribution in [0.1, 0.15) is 17.5 Å². The van der Waals surface area contributed by atoms with Gasteiger partial charge in [-0.1, -0.05) is 0 Å². The SMILES string of the molecule is Cc1cc(C#N)ccc1S(=O)(=O)N1CCCN(C)CC1. The first-order valence-corrected chi connectivity index (χ1v) is 8.08. The quantitative estimate of drug-likeness (QED) is 0.821. The van der Waals surface area contributed by atoms with Crippen molar-refractivity contribution < 1.29 is 8.42 Å². The van der Waals surface area contributed by atoms with Gasteiger partial charge in [-0.25, -0.2) is 8.42 Å². The van der Waals surface area contributed by atoms with Crippen LogP contribution < -0.4 is 0 Å². The third-order valence-electron chi connectivity index (χ3n) is 3.60. The number of sulfonamides is 1. The summed E-state index contributed by atoms with van der Waals surface area (Å²) in [6.07, 6.45) is 0.838. The molecule has 1 saturated heterocycles. The minimum Gasteiger partial charge on any atom is -0.305 e. The van der Waals surface area contributed by atoms with Gasteiger partial charge in [-0.15, -0.1) is 0 Å². The van der Waals surface area contributed by atoms with Crippen molar-refractivity contribution in [2.75, 3.05) is 33.2 Å². The Morgan fingerprint density at radius 3 is 2.60 bits per heavy atom. The van der Waals surface area contributed by atoms with Crippen molar-refractivity contribution in [3.63, 3.8) is 0 Å². The fourth-order valence-electron chi connectivity index (χ4n) is 2.41. The van der Waals surface area contributed by atoms with E-state index in [0.29, 0.717) is 29.1 Å². The Bertz CT molecular complexity index is 634. The van der Waals surface area contributed by atoms with Crippen LogP contribution in [0.3, 0.4) is 0 Å². The second kappa shape index (κ2) is 5.92. The molecule has 0 unspecified atom stereocenters. The molecule has 0 spiro atoms. The van der Waals surface area contributed by atoms with Crippen molar-refractivity contribution >= 4 is 10.0 Å². The van der Waals surface area contributed by atoms with E-state index in [2.05, 4.69) is 4.90 Å². The highest BCUT2D eigenvalue weighted by Gasteiger charge is 2.27. The van der Waals surface area contributed by atoms with Gasteiger partial charge in [0.15, 0.2) is 0 Å². The molecule has 1 heterocycles. The number of nitrogens with zero attached hydrogens (tertiary/aromatic N) is 3. The highest BCUT2D eigenvalue weighted by molar-refractivity contribution is 7.89. The lowest BCUT2D eigenvalue weighted by Gasteiger charge is -2.21. The van der Waals surface area contributed by atoms with E-state index in [-0.39, 0.29) is 0 Å². The van der Waals surface area contributed by atoms with Crippen molar-refractivity contribution in [1.82, 2.24) is 9.21 Å². The van der Waals surface area contributed by atoms with Gasteiger partial charge in [0.05, 0.1) is 16.5 Å². The van der Waals surface area contributed by atoms with E-state index in [9.17, 15) is 8.42 Å². The summed E-state index contributed by atoms with van der Waals surface area (Å²) >= 11 is 0. The van der Waals surface area contributed by atoms with E-state index in [1.54, 1.807) is 23.4 Å². The lowest BCUT2D eigenvalue weighted by molar-refractivity contribution is 0.347. The first-order chi connectivity index (χ1) is 9.45. The van der Waals surface area contributed by atoms with Crippen molar-refractivity contribution in [3.8, 4) is 6.07 Å². The number of likely N-dealkylation sites (N-methyl/N-ethyl adjacent to an activating group) is 1. The minimum atomic E-state index is -3.47. The van der Waals surface area contributed by atoms with Gasteiger partial charge in [0.1, 0.15) is 0 Å². The van der Waals surface area contributed by atoms with Crippen LogP contribution in [0.15, 0.2) is 23.1 Å². The van der Waals surface area contributed by atoms with Crippen molar-refractivity contribution in [1.29, 1.82) is 5.26 Å². The van der Waals surface area contributed by atoms with Crippen LogP contribution in [0.2, 0.25) is 0 Å². The normalized spacial score (nSPS) is 18.4. The molecule has 1 fully saturated rings. The average Bonchev–Trinajstić information content (AvgIpc) is 2.63. The Kier molecular flexibility index (Phi) is 4.43. The minimum absolute atomic E-state index is 0.307. The van der Waals surface area contributed by atoms with Crippen LogP contribution in [0.4, 0.5) is 0 Å². The van der Waals surface area contributed by atoms with Gasteiger partial charge in [-0.2, -0.15) is 9.57 Å². The molecule has 108 valence electrons. The van der Waals surface area contributed by atoms with Gasteiger partial charge in [0.25, 0.3) is 0 Å². The van der Waals surface area contributed by atoms with Crippen molar-refractivity contribution in [2.45, 2.75) is 18.2 Å². The van der Waals surface area contributed by atoms with Gasteiger partial charge in [-0.05, 0) is 50.7 Å². The summed E-state index contributed by atoms with van der Waals surface area (Å²) in [6, 6.07) is 6.75. The molecular weight excluding hydrogens is 274 g/mol. The van der Waals surface area contributed by atoms with Crippen molar-refractivity contribution in [2.24, 2.45) is 0 Å². The van der Waals surface area contributed by atoms with Crippen LogP contribution in [0.5, 0.6) is 0 Å². The topological polar surface area (TPSA) is 64.4 Å². The number of benzene rings is 1. The van der Waals surface area contributed by atoms with Crippen LogP contribution in [-0.2, 0) is 10.0 Å². The van der Waals surface area contributed by atoms with Crippen molar-refractivity contribution in [3.05, 3.63) is 29.3 Å². The molecule has 1 aromatic rings. The maximum Gasteiger partial charge on any atom is 0.243 e. The number of rotatable bonds is 2. The molecule has 20 heavy (non-hydrogen) atoms. The van der Waals surface area contributed by atoms with Crippen LogP contribution in [0, 0.1) is 18.3 Å². The standard InChI is InChI=1S/C14H19N3O2S/c1-12-10-13(11-15)4-5-14(12)20(18,19)17-7-3-6-16(2)8-9-17/h4-5,10H,3,6-9H2,1-2H3. The Morgan fingerprint density at radius 2 is 1.95 bits per heavy atom. The molecule has 5 nitrogen and oxygen atoms in total. The molecule has 2 rings (SSSR count). The van der Waals surface area contributed by atoms with E-state index in [4.69, 9.17) is 5.26 Å². The highest BCUT2D eigenvalue weighted by atomic mass is 32.2. The summed E-state index contributed by atoms with van der Waals surface area (Å²) in [5, 5.41) is 8.86. The van der Waals surface area contributed by atoms with E-state index < -0.39 is 10.0 Å². The van der Waals surface area contributed by atoms with Gasteiger partial charge in [0.2, 0.25) is 10.0 Å². The summed E-state index contributed by atoms with van der Waals surface area (Å²) < 4.78 is 26.9. The van der Waals surface area contributed by atoms with E-state index in [0.717, 1.165) is 19.5 Å². The predicted molar refractivity (Wildman–Crippen MR) is 76.8 cm³/mol. The molecule has 0 amide bonds. The third-order valence-corrected chi connectivity index (χ3v) is 5.66. The molecule has 0 atom stereocenters. The summed E-state index contributed by atoms with van der Waals surface area (Å²) in [6.45, 7) is 4.45. The lowest BCUT2D eigenvalue weighted by atomic mass is 10.2. The molecule has 0 N–H and O–H groups in total. The van der Waals surface area contributed by atoms with Crippen LogP contribution >= 0.6 is 0 Å². The molecule has 1 aliphatic heterocycles. The van der Waals surface area contributed by atoms with E-state index in [1.165, 1.54) is 6.07 Å². The molecule has 0 radical (unpaired) electrons. The average molecular weight is 293 g/mol. The van der Waals surface area contributed by atoms with E-state index >= 15 is 0 Å². The molecule has 0 saturated carbocycles. The third kappa shape index (κ3) is 3.01. The number of aryl methyl sites for hydroxylation is 1. The fourth-order valence-corrected chi connectivity index (χ4v) is 4.09. The molecule has 6 heteroatoms. The second-order valence-corrected chi connectivity index (χ2v) is 7.06. The largest absolute Gasteiger partial charge is 0.305 e. The monoisotopic (exact) mass is 293 g/mol. The molecule has 0 bridgehead atoms. The van der Waals surface area contributed by atoms with Crippen LogP contribution in [0.25, 0.3) is 0 Å². The zero-order chi connectivity index (χ0) is 14.8. The Labute approximate surface area is 120 Å². The van der Waals surface area contributed by atoms with Crippen LogP contribution in [-0.4, -0.2) is 50.8 Å². The maximum atomic E-state index is 12.7. The second-order valence-electron chi connectivity index (χ2n) is 5.15. The number of hydrogen-bond acceptors (Lipinski definition) is 4. The molecule has 0 aromatic heterocycles. The first-order valence-electron chi connectivity index (χ1n) is 6.64. The molecule has 0 aliphatic carbocycles. The maximum absolute atomic E-state index is 12.7. The molecular formula is C14H19N3O2S. The zero-order valence-electron chi connectivity index (χ0n) is 11.8. The predicted octanol–water partition coefficient (Wildman–Crippen LogP) is 1.19. The fraction of sp³-hybridized carbons (Fsp3) is 0.500. The van der Waals surface area contributed by atoms with Gasteiger partial charge in [-0.3, -0.25) is 0 Å². The lowest BCUT2D eigenvalue weighted by Crippen LogP contribution is -2.34. The molecule has 1 aromatic carbocycles. The Hall–Kier alpha value is -1.42. The van der Waals surface area contributed by atoms with Gasteiger partial charge >= 0.3 is 0 Å². The molecule has 1 aliphatic rings. The summed E-state index contributed by atoms with van der Waals surface area (Å²) in [5.41, 5.74) is 1.11. The summed E-state index contributed by atoms with van der Waals surface area (Å²) in [4.78, 5) is 2.45. The summed E-state index contributed by atoms with van der Waals surface area (Å²) in [7, 11) is -1.46. The smallest absolute Gasteiger partial charge is 0.243 e. The van der Waals surface area contributed by atoms with Gasteiger partial charge < -0.3 is 4.90 Å². The van der Waals surface area contributed by atoms with Gasteiger partial charge in [0, 0.05) is 19.6 Å². The summed E-state index contributed by atoms with van der Waals surface area (Å²) in [5.74, 6) is 0. The Balaban J connectivity index is 2.33. The first kappa shape index (κ1) is 15.0. The highest BCUT2D eigenvalue weighted by Crippen LogP contribution is 2.22. The Morgan fingerprint density at radius 1 is 1.20 bits per heavy atom. The number of hydrogen-bond donors (Lipinski definition) is 0. The zero-order valence-corrected chi connectivity index (χ0v) is 12.7. The van der Waals surface area contributed by atoms with E-state index in [1.807, 2.05) is 13.1 Å². The number of nitriles is 1.